The molecule has 0 bridgehead atoms. The quantitative estimate of drug-likeness (QED) is 0.188. The van der Waals surface area contributed by atoms with E-state index in [1.165, 1.54) is 20.2 Å². The van der Waals surface area contributed by atoms with Crippen LogP contribution < -0.4 is 0 Å². The third-order valence-corrected chi connectivity index (χ3v) is 10.6. The molecule has 4 nitrogen and oxygen atoms in total. The van der Waals surface area contributed by atoms with Crippen LogP contribution in [0.1, 0.15) is 0 Å². The highest BCUT2D eigenvalue weighted by molar-refractivity contribution is 7.25. The lowest BCUT2D eigenvalue weighted by atomic mass is 10.00. The predicted octanol–water partition coefficient (Wildman–Crippen LogP) is 12.6. The van der Waals surface area contributed by atoms with Crippen LogP contribution in [0.5, 0.6) is 0 Å². The first-order chi connectivity index (χ1) is 24.2. The Morgan fingerprint density at radius 1 is 0.449 bits per heavy atom. The van der Waals surface area contributed by atoms with Crippen LogP contribution in [0, 0.1) is 0 Å². The number of furan rings is 1. The largest absolute Gasteiger partial charge is 0.456 e. The third kappa shape index (κ3) is 4.70. The molecule has 0 radical (unpaired) electrons. The van der Waals surface area contributed by atoms with Gasteiger partial charge < -0.3 is 4.42 Å². The summed E-state index contributed by atoms with van der Waals surface area (Å²) in [6.07, 6.45) is 0. The number of hydrogen-bond donors (Lipinski definition) is 0. The molecule has 7 aromatic carbocycles. The average Bonchev–Trinajstić information content (AvgIpc) is 3.73. The van der Waals surface area contributed by atoms with Crippen LogP contribution in [0.25, 0.3) is 98.2 Å². The number of halogens is 1. The van der Waals surface area contributed by atoms with Crippen molar-refractivity contribution in [3.8, 4) is 45.3 Å². The van der Waals surface area contributed by atoms with Crippen molar-refractivity contribution in [2.75, 3.05) is 0 Å². The minimum atomic E-state index is 0.577. The molecule has 0 fully saturated rings. The molecule has 6 heteroatoms. The summed E-state index contributed by atoms with van der Waals surface area (Å²) in [5, 5.41) is 7.15. The number of nitrogens with zero attached hydrogens (tertiary/aromatic N) is 3. The van der Waals surface area contributed by atoms with Gasteiger partial charge in [0.1, 0.15) is 11.2 Å². The van der Waals surface area contributed by atoms with Crippen LogP contribution in [0.15, 0.2) is 150 Å². The van der Waals surface area contributed by atoms with Crippen LogP contribution in [-0.4, -0.2) is 15.0 Å². The fraction of sp³-hybridized carbons (Fsp3) is 0. The molecule has 0 aliphatic carbocycles. The molecule has 230 valence electrons. The number of fused-ring (bicyclic) bond motifs is 8. The van der Waals surface area contributed by atoms with Gasteiger partial charge in [0.05, 0.1) is 0 Å². The molecule has 0 unspecified atom stereocenters. The van der Waals surface area contributed by atoms with Crippen LogP contribution in [0.3, 0.4) is 0 Å². The smallest absolute Gasteiger partial charge is 0.164 e. The third-order valence-electron chi connectivity index (χ3n) is 9.18. The second-order valence-corrected chi connectivity index (χ2v) is 13.7. The fourth-order valence-electron chi connectivity index (χ4n) is 6.88. The van der Waals surface area contributed by atoms with E-state index < -0.39 is 0 Å². The highest BCUT2D eigenvalue weighted by atomic mass is 35.5. The van der Waals surface area contributed by atoms with E-state index in [-0.39, 0.29) is 0 Å². The maximum absolute atomic E-state index is 6.54. The molecule has 49 heavy (non-hydrogen) atoms. The Bertz CT molecular complexity index is 2910. The van der Waals surface area contributed by atoms with Gasteiger partial charge in [-0.25, -0.2) is 15.0 Å². The Hall–Kier alpha value is -5.88. The summed E-state index contributed by atoms with van der Waals surface area (Å²) >= 11 is 8.33. The molecule has 0 atom stereocenters. The van der Waals surface area contributed by atoms with E-state index in [1.54, 1.807) is 11.3 Å². The lowest BCUT2D eigenvalue weighted by molar-refractivity contribution is 0.669. The number of benzene rings is 7. The molecule has 0 N–H and O–H groups in total. The molecule has 0 aliphatic heterocycles. The molecule has 10 rings (SSSR count). The van der Waals surface area contributed by atoms with E-state index in [0.717, 1.165) is 60.5 Å². The Morgan fingerprint density at radius 2 is 1.14 bits per heavy atom. The topological polar surface area (TPSA) is 51.8 Å². The molecule has 0 saturated carbocycles. The Balaban J connectivity index is 1.25. The summed E-state index contributed by atoms with van der Waals surface area (Å²) in [7, 11) is 0. The van der Waals surface area contributed by atoms with E-state index in [9.17, 15) is 0 Å². The highest BCUT2D eigenvalue weighted by Crippen LogP contribution is 2.41. The Morgan fingerprint density at radius 3 is 2.04 bits per heavy atom. The normalized spacial score (nSPS) is 11.8. The molecular weight excluding hydrogens is 642 g/mol. The van der Waals surface area contributed by atoms with Crippen molar-refractivity contribution in [1.29, 1.82) is 0 Å². The summed E-state index contributed by atoms with van der Waals surface area (Å²) in [5.41, 5.74) is 6.50. The summed E-state index contributed by atoms with van der Waals surface area (Å²) in [6.45, 7) is 0. The van der Waals surface area contributed by atoms with Gasteiger partial charge in [-0.05, 0) is 76.5 Å². The van der Waals surface area contributed by atoms with Crippen molar-refractivity contribution >= 4 is 75.8 Å². The highest BCUT2D eigenvalue weighted by Gasteiger charge is 2.20. The van der Waals surface area contributed by atoms with E-state index in [2.05, 4.69) is 103 Å². The zero-order chi connectivity index (χ0) is 32.5. The standard InChI is InChI=1S/C43H24ClN3OS/c44-30-19-16-26-17-20-36-40(33(26)24-30)39-32(13-7-14-35(39)48-36)43-46-41(28-11-6-10-27(22-28)25-8-2-1-3-9-25)45-42(47-43)29-18-21-38-34(23-29)31-12-4-5-15-37(31)49-38/h1-24H. The average molecular weight is 666 g/mol. The van der Waals surface area contributed by atoms with Gasteiger partial charge in [-0.2, -0.15) is 0 Å². The van der Waals surface area contributed by atoms with Crippen LogP contribution >= 0.6 is 22.9 Å². The van der Waals surface area contributed by atoms with Crippen LogP contribution in [0.2, 0.25) is 5.02 Å². The van der Waals surface area contributed by atoms with Crippen molar-refractivity contribution in [1.82, 2.24) is 15.0 Å². The summed E-state index contributed by atoms with van der Waals surface area (Å²) < 4.78 is 8.92. The van der Waals surface area contributed by atoms with E-state index in [0.29, 0.717) is 22.5 Å². The van der Waals surface area contributed by atoms with Gasteiger partial charge in [0.2, 0.25) is 0 Å². The SMILES string of the molecule is Clc1ccc2ccc3oc4cccc(-c5nc(-c6cccc(-c7ccccc7)c6)nc(-c6ccc7sc8ccccc8c7c6)n5)c4c3c2c1. The maximum atomic E-state index is 6.54. The predicted molar refractivity (Wildman–Crippen MR) is 204 cm³/mol. The van der Waals surface area contributed by atoms with Gasteiger partial charge >= 0.3 is 0 Å². The van der Waals surface area contributed by atoms with Gasteiger partial charge in [-0.3, -0.25) is 0 Å². The van der Waals surface area contributed by atoms with E-state index >= 15 is 0 Å². The van der Waals surface area contributed by atoms with Crippen molar-refractivity contribution in [3.05, 3.63) is 151 Å². The lowest BCUT2D eigenvalue weighted by Crippen LogP contribution is -2.00. The first kappa shape index (κ1) is 28.2. The summed E-state index contributed by atoms with van der Waals surface area (Å²) in [4.78, 5) is 15.5. The molecule has 0 aliphatic rings. The molecule has 3 heterocycles. The Kier molecular flexibility index (Phi) is 6.38. The van der Waals surface area contributed by atoms with Gasteiger partial charge in [-0.1, -0.05) is 103 Å². The van der Waals surface area contributed by atoms with Gasteiger partial charge in [-0.15, -0.1) is 11.3 Å². The summed E-state index contributed by atoms with van der Waals surface area (Å²) in [5.74, 6) is 1.79. The zero-order valence-corrected chi connectivity index (χ0v) is 27.5. The lowest BCUT2D eigenvalue weighted by Gasteiger charge is -2.11. The van der Waals surface area contributed by atoms with E-state index in [4.69, 9.17) is 31.0 Å². The van der Waals surface area contributed by atoms with Gasteiger partial charge in [0, 0.05) is 52.7 Å². The minimum Gasteiger partial charge on any atom is -0.456 e. The molecule has 10 aromatic rings. The van der Waals surface area contributed by atoms with Crippen LogP contribution in [-0.2, 0) is 0 Å². The summed E-state index contributed by atoms with van der Waals surface area (Å²) in [6, 6.07) is 49.9. The zero-order valence-electron chi connectivity index (χ0n) is 25.9. The van der Waals surface area contributed by atoms with E-state index in [1.807, 2.05) is 42.5 Å². The number of aromatic nitrogens is 3. The monoisotopic (exact) mass is 665 g/mol. The number of hydrogen-bond acceptors (Lipinski definition) is 5. The minimum absolute atomic E-state index is 0.577. The maximum Gasteiger partial charge on any atom is 0.164 e. The van der Waals surface area contributed by atoms with Crippen molar-refractivity contribution < 1.29 is 4.42 Å². The molecule has 3 aromatic heterocycles. The molecule has 0 spiro atoms. The van der Waals surface area contributed by atoms with Gasteiger partial charge in [0.25, 0.3) is 0 Å². The Labute approximate surface area is 289 Å². The fourth-order valence-corrected chi connectivity index (χ4v) is 8.14. The van der Waals surface area contributed by atoms with Crippen molar-refractivity contribution in [2.45, 2.75) is 0 Å². The molecule has 0 saturated heterocycles. The molecule has 0 amide bonds. The van der Waals surface area contributed by atoms with Gasteiger partial charge in [0.15, 0.2) is 17.5 Å². The number of thiophene rings is 1. The molecular formula is C43H24ClN3OS. The second kappa shape index (κ2) is 11.1. The first-order valence-corrected chi connectivity index (χ1v) is 17.2. The van der Waals surface area contributed by atoms with Crippen molar-refractivity contribution in [2.24, 2.45) is 0 Å². The van der Waals surface area contributed by atoms with Crippen molar-refractivity contribution in [3.63, 3.8) is 0 Å². The van der Waals surface area contributed by atoms with Crippen LogP contribution in [0.4, 0.5) is 0 Å². The number of rotatable bonds is 4. The second-order valence-electron chi connectivity index (χ2n) is 12.1. The first-order valence-electron chi connectivity index (χ1n) is 16.0.